The Labute approximate surface area is 438 Å². The average molecular weight is 1030 g/mol. The fraction of sp³-hybridized carbons (Fsp3) is 0.190. The molecule has 18 nitrogen and oxygen atoms in total. The van der Waals surface area contributed by atoms with E-state index in [0.717, 1.165) is 102 Å². The SMILES string of the molecule is Cc1cc(N)c2c(CCC(C)(C)C)cccc2n1.Cc1cc(N)c2ccccc2n1.Cc1ccc2c(N)ccnc2c1.Cc1cccc(-c2cccc3nc(C)cc(N)c23)c1.O=C=O.O=C=O.O=C=O.O=C=O.O=C=O. The topological polar surface area (TPSA) is 326 Å². The number of hydrogen-bond acceptors (Lipinski definition) is 18. The van der Waals surface area contributed by atoms with Crippen molar-refractivity contribution in [3.8, 4) is 11.1 Å². The zero-order chi connectivity index (χ0) is 57.4. The number of aromatic nitrogens is 4. The second kappa shape index (κ2) is 33.5. The van der Waals surface area contributed by atoms with Gasteiger partial charge in [0, 0.05) is 67.6 Å². The average Bonchev–Trinajstić information content (AvgIpc) is 3.34. The van der Waals surface area contributed by atoms with Crippen molar-refractivity contribution in [3.63, 3.8) is 0 Å². The Balaban J connectivity index is 0.000000471. The van der Waals surface area contributed by atoms with Gasteiger partial charge >= 0.3 is 30.8 Å². The lowest BCUT2D eigenvalue weighted by molar-refractivity contribution is -0.193. The molecule has 0 fully saturated rings. The lowest BCUT2D eigenvalue weighted by Crippen LogP contribution is -2.07. The Morgan fingerprint density at radius 3 is 1.42 bits per heavy atom. The van der Waals surface area contributed by atoms with E-state index < -0.39 is 0 Å². The minimum Gasteiger partial charge on any atom is -0.398 e. The molecule has 4 aromatic heterocycles. The van der Waals surface area contributed by atoms with Crippen molar-refractivity contribution in [1.29, 1.82) is 0 Å². The largest absolute Gasteiger partial charge is 0.398 e. The van der Waals surface area contributed by atoms with Crippen molar-refractivity contribution in [1.82, 2.24) is 19.9 Å². The third kappa shape index (κ3) is 21.7. The highest BCUT2D eigenvalue weighted by atomic mass is 16.2. The van der Waals surface area contributed by atoms with Crippen LogP contribution in [0.5, 0.6) is 0 Å². The van der Waals surface area contributed by atoms with E-state index in [2.05, 4.69) is 90.1 Å². The normalized spacial score (nSPS) is 9.37. The molecule has 0 saturated carbocycles. The fourth-order valence-electron chi connectivity index (χ4n) is 7.38. The number of aryl methyl sites for hydroxylation is 6. The van der Waals surface area contributed by atoms with Crippen LogP contribution in [0.4, 0.5) is 22.7 Å². The summed E-state index contributed by atoms with van der Waals surface area (Å²) in [5, 5.41) is 4.23. The van der Waals surface area contributed by atoms with Crippen LogP contribution in [0.15, 0.2) is 134 Å². The summed E-state index contributed by atoms with van der Waals surface area (Å²) in [6.45, 7) is 16.8. The van der Waals surface area contributed by atoms with Gasteiger partial charge in [0.2, 0.25) is 0 Å². The quantitative estimate of drug-likeness (QED) is 0.128. The Morgan fingerprint density at radius 1 is 0.421 bits per heavy atom. The first-order valence-electron chi connectivity index (χ1n) is 22.7. The minimum absolute atomic E-state index is 0.250. The molecule has 0 radical (unpaired) electrons. The standard InChI is InChI=1S/C17H16N2.C16H22N2.2C10H10N2.5CO2/c1-11-5-3-6-13(9-11)14-7-4-8-16-17(14)15(18)10-12(2)19-16;1-11-10-13(17)15-12(8-9-16(2,3)4)6-5-7-14(15)18-11;1-7-2-3-8-9(11)4-5-12-10(8)6-7;1-7-6-9(11)8-4-2-3-5-10(8)12-7;5*2-1-3/h3-10H,1-2H3,(H2,18,19);5-7,10H,8-9H2,1-4H3,(H2,17,18);2*2-6H,1H3,(H2,11,12);;;;;. The van der Waals surface area contributed by atoms with E-state index in [4.69, 9.17) is 70.9 Å². The monoisotopic (exact) mass is 1030 g/mol. The molecule has 0 saturated heterocycles. The molecule has 0 unspecified atom stereocenters. The van der Waals surface area contributed by atoms with Crippen molar-refractivity contribution in [2.45, 2.75) is 68.2 Å². The van der Waals surface area contributed by atoms with Crippen molar-refractivity contribution >= 4 is 97.1 Å². The Kier molecular flexibility index (Phi) is 28.1. The highest BCUT2D eigenvalue weighted by Crippen LogP contribution is 2.33. The molecule has 4 heterocycles. The smallest absolute Gasteiger partial charge is 0.373 e. The Morgan fingerprint density at radius 2 is 0.868 bits per heavy atom. The highest BCUT2D eigenvalue weighted by Gasteiger charge is 2.13. The van der Waals surface area contributed by atoms with Crippen LogP contribution in [-0.4, -0.2) is 50.7 Å². The van der Waals surface area contributed by atoms with E-state index in [0.29, 0.717) is 5.41 Å². The predicted molar refractivity (Wildman–Crippen MR) is 287 cm³/mol. The fourth-order valence-corrected chi connectivity index (χ4v) is 7.38. The third-order valence-electron chi connectivity index (χ3n) is 10.4. The number of nitrogen functional groups attached to an aromatic ring is 4. The summed E-state index contributed by atoms with van der Waals surface area (Å²) < 4.78 is 0. The van der Waals surface area contributed by atoms with Gasteiger partial charge in [0.1, 0.15) is 0 Å². The molecule has 9 aromatic rings. The van der Waals surface area contributed by atoms with Crippen molar-refractivity contribution in [2.24, 2.45) is 5.41 Å². The molecule has 9 rings (SSSR count). The number of nitrogens with zero attached hydrogens (tertiary/aromatic N) is 4. The maximum absolute atomic E-state index is 8.12. The molecule has 0 aliphatic heterocycles. The third-order valence-corrected chi connectivity index (χ3v) is 10.4. The first-order chi connectivity index (χ1) is 36.1. The van der Waals surface area contributed by atoms with Crippen molar-refractivity contribution < 1.29 is 47.9 Å². The molecular weight excluding hydrogens is 969 g/mol. The maximum Gasteiger partial charge on any atom is 0.373 e. The molecule has 5 aromatic carbocycles. The summed E-state index contributed by atoms with van der Waals surface area (Å²) in [5.41, 5.74) is 40.4. The number of nitrogens with two attached hydrogens (primary N) is 4. The number of hydrogen-bond donors (Lipinski definition) is 4. The van der Waals surface area contributed by atoms with Gasteiger partial charge in [-0.05, 0) is 124 Å². The molecule has 0 atom stereocenters. The van der Waals surface area contributed by atoms with Crippen LogP contribution in [0.25, 0.3) is 54.7 Å². The molecule has 0 bridgehead atoms. The van der Waals surface area contributed by atoms with Crippen LogP contribution in [0.2, 0.25) is 0 Å². The maximum atomic E-state index is 8.12. The molecule has 18 heteroatoms. The Bertz CT molecular complexity index is 3430. The van der Waals surface area contributed by atoms with Gasteiger partial charge < -0.3 is 22.9 Å². The number of rotatable bonds is 3. The first-order valence-corrected chi connectivity index (χ1v) is 22.7. The number of carbonyl (C=O) groups excluding carboxylic acids is 10. The van der Waals surface area contributed by atoms with Gasteiger partial charge in [0.05, 0.1) is 22.1 Å². The summed E-state index contributed by atoms with van der Waals surface area (Å²) in [7, 11) is 0. The molecule has 390 valence electrons. The van der Waals surface area contributed by atoms with Crippen LogP contribution in [0, 0.1) is 40.0 Å². The van der Waals surface area contributed by atoms with E-state index in [1.165, 1.54) is 22.3 Å². The van der Waals surface area contributed by atoms with E-state index in [1.54, 1.807) is 6.20 Å². The number of para-hydroxylation sites is 1. The number of pyridine rings is 4. The zero-order valence-electron chi connectivity index (χ0n) is 43.3. The van der Waals surface area contributed by atoms with Gasteiger partial charge in [-0.25, -0.2) is 0 Å². The van der Waals surface area contributed by atoms with Gasteiger partial charge in [0.25, 0.3) is 0 Å². The number of benzene rings is 5. The van der Waals surface area contributed by atoms with E-state index in [9.17, 15) is 0 Å². The van der Waals surface area contributed by atoms with E-state index >= 15 is 0 Å². The summed E-state index contributed by atoms with van der Waals surface area (Å²) in [4.78, 5) is 99.0. The molecule has 76 heavy (non-hydrogen) atoms. The lowest BCUT2D eigenvalue weighted by atomic mass is 9.87. The number of anilines is 4. The zero-order valence-corrected chi connectivity index (χ0v) is 43.3. The predicted octanol–water partition coefficient (Wildman–Crippen LogP) is 9.54. The van der Waals surface area contributed by atoms with Crippen LogP contribution in [-0.2, 0) is 54.4 Å². The van der Waals surface area contributed by atoms with Gasteiger partial charge in [0.15, 0.2) is 0 Å². The van der Waals surface area contributed by atoms with Crippen LogP contribution < -0.4 is 22.9 Å². The van der Waals surface area contributed by atoms with Gasteiger partial charge in [-0.3, -0.25) is 19.9 Å². The summed E-state index contributed by atoms with van der Waals surface area (Å²) in [6.07, 6.45) is 5.19. The minimum atomic E-state index is 0.250. The Hall–Kier alpha value is -10.2. The first kappa shape index (κ1) is 63.9. The van der Waals surface area contributed by atoms with Crippen LogP contribution in [0.3, 0.4) is 0 Å². The van der Waals surface area contributed by atoms with E-state index in [-0.39, 0.29) is 30.8 Å². The lowest BCUT2D eigenvalue weighted by Gasteiger charge is -2.18. The molecule has 0 amide bonds. The molecule has 0 aliphatic carbocycles. The second-order valence-corrected chi connectivity index (χ2v) is 17.4. The summed E-state index contributed by atoms with van der Waals surface area (Å²) in [6, 6.07) is 42.5. The number of fused-ring (bicyclic) bond motifs is 4. The molecular formula is C58H58N8O10. The van der Waals surface area contributed by atoms with Crippen molar-refractivity contribution in [3.05, 3.63) is 167 Å². The highest BCUT2D eigenvalue weighted by molar-refractivity contribution is 6.02. The van der Waals surface area contributed by atoms with E-state index in [1.807, 2.05) is 113 Å². The summed E-state index contributed by atoms with van der Waals surface area (Å²) in [5.74, 6) is 0. The molecule has 0 spiro atoms. The molecule has 0 aliphatic rings. The van der Waals surface area contributed by atoms with Crippen LogP contribution >= 0.6 is 0 Å². The summed E-state index contributed by atoms with van der Waals surface area (Å²) >= 11 is 0. The second-order valence-electron chi connectivity index (χ2n) is 17.4. The molecule has 8 N–H and O–H groups in total. The van der Waals surface area contributed by atoms with Gasteiger partial charge in [-0.15, -0.1) is 0 Å². The van der Waals surface area contributed by atoms with Gasteiger partial charge in [-0.2, -0.15) is 47.9 Å². The van der Waals surface area contributed by atoms with Crippen molar-refractivity contribution in [2.75, 3.05) is 22.9 Å². The van der Waals surface area contributed by atoms with Crippen LogP contribution in [0.1, 0.15) is 61.0 Å². The van der Waals surface area contributed by atoms with Gasteiger partial charge in [-0.1, -0.05) is 105 Å².